The van der Waals surface area contributed by atoms with Crippen molar-refractivity contribution < 1.29 is 9.59 Å². The van der Waals surface area contributed by atoms with Crippen LogP contribution in [0.5, 0.6) is 0 Å². The molecular weight excluding hydrogens is 268 g/mol. The second kappa shape index (κ2) is 7.16. The van der Waals surface area contributed by atoms with Gasteiger partial charge in [0.1, 0.15) is 0 Å². The van der Waals surface area contributed by atoms with Crippen molar-refractivity contribution in [3.63, 3.8) is 0 Å². The van der Waals surface area contributed by atoms with Gasteiger partial charge in [-0.2, -0.15) is 0 Å². The standard InChI is InChI=1S/C15H16N4O2/c16-15(21)11-4-6-12(7-5-11)19-14(20)10-17-9-13-3-1-2-8-18-13/h1-8,17H,9-10H2,(H2,16,21)(H,19,20). The minimum atomic E-state index is -0.495. The van der Waals surface area contributed by atoms with E-state index in [-0.39, 0.29) is 12.5 Å². The first-order chi connectivity index (χ1) is 10.1. The zero-order valence-electron chi connectivity index (χ0n) is 11.4. The van der Waals surface area contributed by atoms with Gasteiger partial charge < -0.3 is 16.4 Å². The van der Waals surface area contributed by atoms with Crippen molar-refractivity contribution in [3.05, 3.63) is 59.9 Å². The summed E-state index contributed by atoms with van der Waals surface area (Å²) in [4.78, 5) is 26.8. The SMILES string of the molecule is NC(=O)c1ccc(NC(=O)CNCc2ccccn2)cc1. The molecule has 0 aliphatic carbocycles. The molecule has 0 atom stereocenters. The minimum Gasteiger partial charge on any atom is -0.366 e. The first kappa shape index (κ1) is 14.7. The summed E-state index contributed by atoms with van der Waals surface area (Å²) in [7, 11) is 0. The Morgan fingerprint density at radius 1 is 1.10 bits per heavy atom. The highest BCUT2D eigenvalue weighted by Crippen LogP contribution is 2.08. The topological polar surface area (TPSA) is 97.1 Å². The number of nitrogens with two attached hydrogens (primary N) is 1. The Morgan fingerprint density at radius 2 is 1.86 bits per heavy atom. The van der Waals surface area contributed by atoms with Crippen LogP contribution in [0.3, 0.4) is 0 Å². The normalized spacial score (nSPS) is 10.1. The van der Waals surface area contributed by atoms with Gasteiger partial charge >= 0.3 is 0 Å². The van der Waals surface area contributed by atoms with Crippen molar-refractivity contribution in [1.29, 1.82) is 0 Å². The fourth-order valence-corrected chi connectivity index (χ4v) is 1.73. The number of hydrogen-bond acceptors (Lipinski definition) is 4. The van der Waals surface area contributed by atoms with Gasteiger partial charge in [0, 0.05) is 24.0 Å². The molecule has 1 aromatic heterocycles. The quantitative estimate of drug-likeness (QED) is 0.734. The van der Waals surface area contributed by atoms with Gasteiger partial charge in [-0.3, -0.25) is 14.6 Å². The summed E-state index contributed by atoms with van der Waals surface area (Å²) in [5, 5.41) is 5.72. The first-order valence-electron chi connectivity index (χ1n) is 6.45. The molecule has 0 saturated heterocycles. The van der Waals surface area contributed by atoms with E-state index in [1.165, 1.54) is 0 Å². The third kappa shape index (κ3) is 4.70. The van der Waals surface area contributed by atoms with Gasteiger partial charge in [-0.1, -0.05) is 6.07 Å². The number of nitrogens with one attached hydrogen (secondary N) is 2. The Morgan fingerprint density at radius 3 is 2.48 bits per heavy atom. The molecule has 1 heterocycles. The van der Waals surface area contributed by atoms with E-state index in [1.54, 1.807) is 30.5 Å². The maximum absolute atomic E-state index is 11.7. The monoisotopic (exact) mass is 284 g/mol. The number of carbonyl (C=O) groups excluding carboxylic acids is 2. The number of carbonyl (C=O) groups is 2. The minimum absolute atomic E-state index is 0.169. The molecule has 108 valence electrons. The van der Waals surface area contributed by atoms with Crippen molar-refractivity contribution in [1.82, 2.24) is 10.3 Å². The highest BCUT2D eigenvalue weighted by atomic mass is 16.2. The second-order valence-electron chi connectivity index (χ2n) is 4.41. The molecule has 0 aliphatic heterocycles. The summed E-state index contributed by atoms with van der Waals surface area (Å²) in [6, 6.07) is 12.0. The van der Waals surface area contributed by atoms with Gasteiger partial charge in [-0.25, -0.2) is 0 Å². The number of nitrogens with zero attached hydrogens (tertiary/aromatic N) is 1. The van der Waals surface area contributed by atoms with Crippen LogP contribution in [0, 0.1) is 0 Å². The predicted molar refractivity (Wildman–Crippen MR) is 79.5 cm³/mol. The van der Waals surface area contributed by atoms with Crippen LogP contribution in [0.25, 0.3) is 0 Å². The molecule has 0 bridgehead atoms. The highest BCUT2D eigenvalue weighted by molar-refractivity contribution is 5.95. The van der Waals surface area contributed by atoms with Gasteiger partial charge in [0.2, 0.25) is 11.8 Å². The smallest absolute Gasteiger partial charge is 0.248 e. The molecule has 2 aromatic rings. The number of amides is 2. The number of pyridine rings is 1. The maximum Gasteiger partial charge on any atom is 0.248 e. The van der Waals surface area contributed by atoms with Crippen molar-refractivity contribution in [2.75, 3.05) is 11.9 Å². The Balaban J connectivity index is 1.78. The predicted octanol–water partition coefficient (Wildman–Crippen LogP) is 0.909. The fourth-order valence-electron chi connectivity index (χ4n) is 1.73. The molecule has 0 unspecified atom stereocenters. The highest BCUT2D eigenvalue weighted by Gasteiger charge is 2.04. The number of hydrogen-bond donors (Lipinski definition) is 3. The Labute approximate surface area is 122 Å². The van der Waals surface area contributed by atoms with Gasteiger partial charge in [0.15, 0.2) is 0 Å². The molecule has 0 radical (unpaired) electrons. The molecule has 4 N–H and O–H groups in total. The van der Waals surface area contributed by atoms with Crippen molar-refractivity contribution in [2.24, 2.45) is 5.73 Å². The molecule has 1 aromatic carbocycles. The number of primary amides is 1. The number of aromatic nitrogens is 1. The summed E-state index contributed by atoms with van der Waals surface area (Å²) >= 11 is 0. The van der Waals surface area contributed by atoms with Crippen LogP contribution in [0.15, 0.2) is 48.7 Å². The molecular formula is C15H16N4O2. The number of rotatable bonds is 6. The Hall–Kier alpha value is -2.73. The molecule has 21 heavy (non-hydrogen) atoms. The second-order valence-corrected chi connectivity index (χ2v) is 4.41. The van der Waals surface area contributed by atoms with Gasteiger partial charge in [0.05, 0.1) is 12.2 Å². The summed E-state index contributed by atoms with van der Waals surface area (Å²) in [6.45, 7) is 0.697. The molecule has 2 rings (SSSR count). The van der Waals surface area contributed by atoms with Crippen LogP contribution in [-0.4, -0.2) is 23.3 Å². The van der Waals surface area contributed by atoms with Gasteiger partial charge in [-0.05, 0) is 36.4 Å². The maximum atomic E-state index is 11.7. The van der Waals surface area contributed by atoms with E-state index in [9.17, 15) is 9.59 Å². The number of anilines is 1. The third-order valence-electron chi connectivity index (χ3n) is 2.77. The van der Waals surface area contributed by atoms with Gasteiger partial charge in [0.25, 0.3) is 0 Å². The lowest BCUT2D eigenvalue weighted by atomic mass is 10.2. The Kier molecular flexibility index (Phi) is 5.00. The molecule has 0 fully saturated rings. The molecule has 0 aliphatic rings. The lowest BCUT2D eigenvalue weighted by molar-refractivity contribution is -0.115. The van der Waals surface area contributed by atoms with Crippen LogP contribution in [-0.2, 0) is 11.3 Å². The van der Waals surface area contributed by atoms with Crippen LogP contribution in [0.1, 0.15) is 16.1 Å². The van der Waals surface area contributed by atoms with Crippen LogP contribution in [0.2, 0.25) is 0 Å². The van der Waals surface area contributed by atoms with E-state index in [0.29, 0.717) is 17.8 Å². The van der Waals surface area contributed by atoms with E-state index in [1.807, 2.05) is 18.2 Å². The van der Waals surface area contributed by atoms with E-state index in [0.717, 1.165) is 5.69 Å². The average Bonchev–Trinajstić information content (AvgIpc) is 2.49. The zero-order valence-corrected chi connectivity index (χ0v) is 11.4. The van der Waals surface area contributed by atoms with Crippen LogP contribution in [0.4, 0.5) is 5.69 Å². The summed E-state index contributed by atoms with van der Waals surface area (Å²) < 4.78 is 0. The molecule has 0 spiro atoms. The average molecular weight is 284 g/mol. The van der Waals surface area contributed by atoms with E-state index in [2.05, 4.69) is 15.6 Å². The molecule has 2 amide bonds. The third-order valence-corrected chi connectivity index (χ3v) is 2.77. The largest absolute Gasteiger partial charge is 0.366 e. The van der Waals surface area contributed by atoms with E-state index < -0.39 is 5.91 Å². The summed E-state index contributed by atoms with van der Waals surface area (Å²) in [5.74, 6) is -0.664. The van der Waals surface area contributed by atoms with E-state index in [4.69, 9.17) is 5.73 Å². The summed E-state index contributed by atoms with van der Waals surface area (Å²) in [6.07, 6.45) is 1.71. The molecule has 0 saturated carbocycles. The molecule has 6 nitrogen and oxygen atoms in total. The Bertz CT molecular complexity index is 611. The fraction of sp³-hybridized carbons (Fsp3) is 0.133. The van der Waals surface area contributed by atoms with E-state index >= 15 is 0 Å². The number of benzene rings is 1. The first-order valence-corrected chi connectivity index (χ1v) is 6.45. The molecule has 6 heteroatoms. The lowest BCUT2D eigenvalue weighted by Crippen LogP contribution is -2.28. The van der Waals surface area contributed by atoms with Crippen molar-refractivity contribution in [3.8, 4) is 0 Å². The lowest BCUT2D eigenvalue weighted by Gasteiger charge is -2.07. The summed E-state index contributed by atoms with van der Waals surface area (Å²) in [5.41, 5.74) is 7.03. The van der Waals surface area contributed by atoms with Crippen LogP contribution < -0.4 is 16.4 Å². The zero-order chi connectivity index (χ0) is 15.1. The van der Waals surface area contributed by atoms with Crippen LogP contribution >= 0.6 is 0 Å². The van der Waals surface area contributed by atoms with Crippen molar-refractivity contribution >= 4 is 17.5 Å². The van der Waals surface area contributed by atoms with Gasteiger partial charge in [-0.15, -0.1) is 0 Å². The van der Waals surface area contributed by atoms with Crippen molar-refractivity contribution in [2.45, 2.75) is 6.54 Å².